The monoisotopic (exact) mass is 424 g/mol. The Morgan fingerprint density at radius 2 is 2.33 bits per heavy atom. The van der Waals surface area contributed by atoms with Gasteiger partial charge in [-0.25, -0.2) is 0 Å². The maximum atomic E-state index is 9.62. The summed E-state index contributed by atoms with van der Waals surface area (Å²) in [7, 11) is 0. The maximum Gasteiger partial charge on any atom is 0.0853 e. The average molecular weight is 424 g/mol. The molecule has 1 unspecified atom stereocenters. The molecule has 0 N–H and O–H groups in total. The second-order valence-corrected chi connectivity index (χ2v) is 2.15. The van der Waals surface area contributed by atoms with Gasteiger partial charge in [-0.15, -0.1) is 6.58 Å². The van der Waals surface area contributed by atoms with Crippen LogP contribution in [0.4, 0.5) is 0 Å². The summed E-state index contributed by atoms with van der Waals surface area (Å²) in [5, 5.41) is 0. The quantitative estimate of drug-likeness (QED) is 0.349. The van der Waals surface area contributed by atoms with E-state index >= 15 is 0 Å². The van der Waals surface area contributed by atoms with Gasteiger partial charge in [-0.1, -0.05) is 12.5 Å². The molecule has 0 aromatic carbocycles. The predicted molar refractivity (Wildman–Crippen MR) is 41.9 cm³/mol. The summed E-state index contributed by atoms with van der Waals surface area (Å²) in [5.41, 5.74) is 0. The number of ether oxygens (including phenoxy) is 2. The molecular weight excluding hydrogens is 411 g/mol. The van der Waals surface area contributed by atoms with Gasteiger partial charge in [-0.05, 0) is 13.3 Å². The molecule has 0 saturated carbocycles. The van der Waals surface area contributed by atoms with Crippen LogP contribution < -0.4 is 0 Å². The third-order valence-electron chi connectivity index (χ3n) is 1.10. The zero-order valence-electron chi connectivity index (χ0n) is 7.41. The van der Waals surface area contributed by atoms with Crippen LogP contribution in [0.5, 0.6) is 0 Å². The molecule has 0 rings (SSSR count). The molecule has 3 nitrogen and oxygen atoms in total. The van der Waals surface area contributed by atoms with E-state index in [1.54, 1.807) is 6.08 Å². The van der Waals surface area contributed by atoms with Crippen molar-refractivity contribution in [2.75, 3.05) is 13.2 Å². The van der Waals surface area contributed by atoms with Gasteiger partial charge in [0.15, 0.2) is 0 Å². The van der Waals surface area contributed by atoms with E-state index in [1.165, 1.54) is 6.47 Å². The molecule has 66 valence electrons. The van der Waals surface area contributed by atoms with E-state index in [0.717, 1.165) is 6.42 Å². The molecule has 0 spiro atoms. The van der Waals surface area contributed by atoms with Crippen LogP contribution in [0.3, 0.4) is 0 Å². The first-order valence-corrected chi connectivity index (χ1v) is 3.52. The van der Waals surface area contributed by atoms with Gasteiger partial charge in [0.2, 0.25) is 0 Å². The molecule has 4 heteroatoms. The Morgan fingerprint density at radius 3 is 2.83 bits per heavy atom. The minimum absolute atomic E-state index is 0. The molecule has 0 bridgehead atoms. The van der Waals surface area contributed by atoms with E-state index in [9.17, 15) is 4.79 Å². The predicted octanol–water partition coefficient (Wildman–Crippen LogP) is 1.05. The number of hydrogen-bond acceptors (Lipinski definition) is 3. The summed E-state index contributed by atoms with van der Waals surface area (Å²) < 4.78 is 9.58. The summed E-state index contributed by atoms with van der Waals surface area (Å²) in [4.78, 5) is 9.62. The van der Waals surface area contributed by atoms with Crippen molar-refractivity contribution in [3.63, 3.8) is 0 Å². The maximum absolute atomic E-state index is 9.62. The fourth-order valence-electron chi connectivity index (χ4n) is 0.552. The van der Waals surface area contributed by atoms with Crippen LogP contribution in [0, 0.1) is 0 Å². The molecule has 1 atom stereocenters. The smallest absolute Gasteiger partial charge is 0.0853 e. The van der Waals surface area contributed by atoms with Crippen LogP contribution in [-0.4, -0.2) is 25.8 Å². The van der Waals surface area contributed by atoms with E-state index in [4.69, 9.17) is 4.74 Å². The third-order valence-corrected chi connectivity index (χ3v) is 1.10. The van der Waals surface area contributed by atoms with Crippen LogP contribution >= 0.6 is 0 Å². The number of carbonyl (C=O) groups excluding carboxylic acids is 1. The van der Waals surface area contributed by atoms with Gasteiger partial charge in [-0.2, -0.15) is 0 Å². The van der Waals surface area contributed by atoms with Gasteiger partial charge < -0.3 is 14.3 Å². The first-order valence-electron chi connectivity index (χ1n) is 3.52. The fourth-order valence-corrected chi connectivity index (χ4v) is 0.552. The van der Waals surface area contributed by atoms with Gasteiger partial charge >= 0.3 is 0 Å². The van der Waals surface area contributed by atoms with Crippen LogP contribution in [0.2, 0.25) is 0 Å². The summed E-state index contributed by atoms with van der Waals surface area (Å²) in [6.07, 6.45) is 2.53. The molecule has 0 radical (unpaired) electrons. The van der Waals surface area contributed by atoms with Crippen molar-refractivity contribution in [3.8, 4) is 0 Å². The molecule has 12 heavy (non-hydrogen) atoms. The minimum atomic E-state index is -0.0589. The zero-order valence-corrected chi connectivity index (χ0v) is 13.8. The van der Waals surface area contributed by atoms with Crippen molar-refractivity contribution in [1.29, 1.82) is 0 Å². The fraction of sp³-hybridized carbons (Fsp3) is 0.625. The van der Waals surface area contributed by atoms with Gasteiger partial charge in [0, 0.05) is 0 Å². The Bertz CT molecular complexity index is 117. The molecule has 0 aromatic rings. The Kier molecular flexibility index (Phi) is 9.79. The molecule has 0 fully saturated rings. The van der Waals surface area contributed by atoms with E-state index in [0.29, 0.717) is 6.61 Å². The zero-order chi connectivity index (χ0) is 8.53. The second-order valence-electron chi connectivity index (χ2n) is 2.15. The summed E-state index contributed by atoms with van der Waals surface area (Å²) in [6, 6.07) is 0. The van der Waals surface area contributed by atoms with E-state index in [2.05, 4.69) is 11.3 Å². The largest absolute Gasteiger partial charge is 0.651 e. The first kappa shape index (κ1) is 12.8. The van der Waals surface area contributed by atoms with Crippen molar-refractivity contribution < 1.29 is 14.3 Å². The van der Waals surface area contributed by atoms with E-state index in [1.807, 2.05) is 6.92 Å². The molecule has 0 aliphatic carbocycles. The molecule has 0 saturated heterocycles. The number of rotatable bonds is 7. The Balaban J connectivity index is 0. The van der Waals surface area contributed by atoms with Gasteiger partial charge in [-0.3, -0.25) is 0 Å². The molecule has 0 aliphatic heterocycles. The van der Waals surface area contributed by atoms with Crippen molar-refractivity contribution >= 4 is 6.47 Å². The van der Waals surface area contributed by atoms with Crippen LogP contribution in [0.25, 0.3) is 0 Å². The van der Waals surface area contributed by atoms with Gasteiger partial charge in [0.05, 0.1) is 19.3 Å². The standard InChI is InChI=1S/C8H13O3.Rf/c1-3-4-5-11-8(2)6-10-7-9;/h3,8H,1,4-6H2,2H3;/q-1;. The van der Waals surface area contributed by atoms with Crippen molar-refractivity contribution in [2.24, 2.45) is 0 Å². The molecule has 0 amide bonds. The summed E-state index contributed by atoms with van der Waals surface area (Å²) >= 11 is 0. The molecule has 0 aromatic heterocycles. The van der Waals surface area contributed by atoms with Crippen LogP contribution in [0.1, 0.15) is 13.3 Å². The van der Waals surface area contributed by atoms with Crippen molar-refractivity contribution in [3.05, 3.63) is 12.7 Å². The van der Waals surface area contributed by atoms with Crippen molar-refractivity contribution in [1.82, 2.24) is 0 Å². The Labute approximate surface area is 67.0 Å². The Hall–Kier alpha value is -1.83. The molecule has 0 aliphatic rings. The van der Waals surface area contributed by atoms with Gasteiger partial charge in [0.25, 0.3) is 0 Å². The minimum Gasteiger partial charge on any atom is -0.651 e. The summed E-state index contributed by atoms with van der Waals surface area (Å²) in [5.74, 6) is 0. The first-order chi connectivity index (χ1) is 5.31. The SMILES string of the molecule is C=CCCOC(C)CO[C-]=O.[Rf]. The van der Waals surface area contributed by atoms with E-state index in [-0.39, 0.29) is 12.7 Å². The molecular formula is C8H13O3Rf-. The average Bonchev–Trinajstić information content (AvgIpc) is 2.01. The third kappa shape index (κ3) is 8.17. The second kappa shape index (κ2) is 9.17. The Morgan fingerprint density at radius 1 is 1.67 bits per heavy atom. The van der Waals surface area contributed by atoms with Gasteiger partial charge in [0.1, 0.15) is 0 Å². The van der Waals surface area contributed by atoms with Crippen molar-refractivity contribution in [2.45, 2.75) is 19.4 Å². The number of hydrogen-bond donors (Lipinski definition) is 0. The van der Waals surface area contributed by atoms with Crippen LogP contribution in [-0.2, 0) is 14.3 Å². The van der Waals surface area contributed by atoms with Crippen LogP contribution in [0.15, 0.2) is 12.7 Å². The van der Waals surface area contributed by atoms with E-state index < -0.39 is 0 Å². The molecule has 0 heterocycles. The topological polar surface area (TPSA) is 35.5 Å². The normalized spacial score (nSPS) is 11.1. The summed E-state index contributed by atoms with van der Waals surface area (Å²) in [6.45, 7) is 7.60.